The molecule has 0 aliphatic carbocycles. The van der Waals surface area contributed by atoms with E-state index in [0.717, 1.165) is 10.9 Å². The molecule has 1 aliphatic heterocycles. The summed E-state index contributed by atoms with van der Waals surface area (Å²) in [6.07, 6.45) is 2.21. The van der Waals surface area contributed by atoms with Gasteiger partial charge in [-0.2, -0.15) is 0 Å². The van der Waals surface area contributed by atoms with E-state index < -0.39 is 5.60 Å². The van der Waals surface area contributed by atoms with E-state index in [1.165, 1.54) is 6.07 Å². The molecule has 2 heterocycles. The zero-order valence-electron chi connectivity index (χ0n) is 11.9. The van der Waals surface area contributed by atoms with Crippen molar-refractivity contribution in [3.8, 4) is 0 Å². The fourth-order valence-electron chi connectivity index (χ4n) is 2.23. The predicted molar refractivity (Wildman–Crippen MR) is 79.9 cm³/mol. The number of amides is 1. The number of halogens is 1. The molecule has 0 N–H and O–H groups in total. The van der Waals surface area contributed by atoms with Crippen LogP contribution in [0.4, 0.5) is 4.79 Å². The second-order valence-electron chi connectivity index (χ2n) is 5.96. The highest BCUT2D eigenvalue weighted by Gasteiger charge is 2.30. The Morgan fingerprint density at radius 3 is 2.75 bits per heavy atom. The first-order valence-electron chi connectivity index (χ1n) is 6.62. The van der Waals surface area contributed by atoms with E-state index in [2.05, 4.69) is 15.9 Å². The first-order chi connectivity index (χ1) is 9.26. The van der Waals surface area contributed by atoms with Crippen LogP contribution in [0.1, 0.15) is 33.2 Å². The Kier molecular flexibility index (Phi) is 4.22. The maximum absolute atomic E-state index is 12.0. The van der Waals surface area contributed by atoms with Gasteiger partial charge in [-0.3, -0.25) is 4.79 Å². The van der Waals surface area contributed by atoms with E-state index in [1.807, 2.05) is 26.8 Å². The number of ether oxygens (including phenoxy) is 1. The van der Waals surface area contributed by atoms with E-state index >= 15 is 0 Å². The van der Waals surface area contributed by atoms with E-state index in [4.69, 9.17) is 4.74 Å². The Bertz CT molecular complexity index is 562. The zero-order valence-corrected chi connectivity index (χ0v) is 13.5. The van der Waals surface area contributed by atoms with Gasteiger partial charge in [0.05, 0.1) is 6.04 Å². The standard InChI is InChI=1S/C14H19BrN2O3/c1-14(2,3)20-13(19)16-6-5-11(9-16)17-7-4-10(15)8-12(17)18/h4,7-8,11H,5-6,9H2,1-3H3. The van der Waals surface area contributed by atoms with Crippen LogP contribution < -0.4 is 5.56 Å². The van der Waals surface area contributed by atoms with Gasteiger partial charge in [0, 0.05) is 29.8 Å². The second kappa shape index (κ2) is 5.60. The fraction of sp³-hybridized carbons (Fsp3) is 0.571. The molecule has 1 fully saturated rings. The normalized spacial score (nSPS) is 19.2. The number of aromatic nitrogens is 1. The minimum atomic E-state index is -0.496. The van der Waals surface area contributed by atoms with Gasteiger partial charge in [0.25, 0.3) is 5.56 Å². The predicted octanol–water partition coefficient (Wildman–Crippen LogP) is 2.79. The summed E-state index contributed by atoms with van der Waals surface area (Å²) in [6.45, 7) is 6.66. The van der Waals surface area contributed by atoms with Crippen LogP contribution in [-0.2, 0) is 4.74 Å². The monoisotopic (exact) mass is 342 g/mol. The molecule has 5 nitrogen and oxygen atoms in total. The molecule has 0 aromatic carbocycles. The lowest BCUT2D eigenvalue weighted by atomic mass is 10.2. The number of rotatable bonds is 1. The third-order valence-corrected chi connectivity index (χ3v) is 3.61. The molecule has 0 spiro atoms. The average Bonchev–Trinajstić information content (AvgIpc) is 2.75. The van der Waals surface area contributed by atoms with E-state index in [1.54, 1.807) is 15.7 Å². The van der Waals surface area contributed by atoms with E-state index in [9.17, 15) is 9.59 Å². The quantitative estimate of drug-likeness (QED) is 0.788. The molecule has 0 bridgehead atoms. The summed E-state index contributed by atoms with van der Waals surface area (Å²) in [6, 6.07) is 3.39. The van der Waals surface area contributed by atoms with Crippen LogP contribution in [-0.4, -0.2) is 34.3 Å². The molecule has 1 amide bonds. The molecule has 20 heavy (non-hydrogen) atoms. The molecule has 1 saturated heterocycles. The molecule has 0 saturated carbocycles. The SMILES string of the molecule is CC(C)(C)OC(=O)N1CCC(n2ccc(Br)cc2=O)C1. The molecule has 0 radical (unpaired) electrons. The first-order valence-corrected chi connectivity index (χ1v) is 7.41. The highest BCUT2D eigenvalue weighted by atomic mass is 79.9. The average molecular weight is 343 g/mol. The summed E-state index contributed by atoms with van der Waals surface area (Å²) >= 11 is 3.28. The Balaban J connectivity index is 2.05. The van der Waals surface area contributed by atoms with Gasteiger partial charge in [-0.15, -0.1) is 0 Å². The summed E-state index contributed by atoms with van der Waals surface area (Å²) in [7, 11) is 0. The van der Waals surface area contributed by atoms with E-state index in [-0.39, 0.29) is 17.7 Å². The van der Waals surface area contributed by atoms with Crippen molar-refractivity contribution in [1.29, 1.82) is 0 Å². The molecule has 110 valence electrons. The molecule has 6 heteroatoms. The van der Waals surface area contributed by atoms with Gasteiger partial charge in [-0.25, -0.2) is 4.79 Å². The van der Waals surface area contributed by atoms with Crippen LogP contribution in [0.25, 0.3) is 0 Å². The molecule has 1 atom stereocenters. The molecule has 1 unspecified atom stereocenters. The number of carbonyl (C=O) groups excluding carboxylic acids is 1. The summed E-state index contributed by atoms with van der Waals surface area (Å²) in [5.74, 6) is 0. The summed E-state index contributed by atoms with van der Waals surface area (Å²) in [5, 5.41) is 0. The summed E-state index contributed by atoms with van der Waals surface area (Å²) in [5.41, 5.74) is -0.556. The van der Waals surface area contributed by atoms with Gasteiger partial charge >= 0.3 is 6.09 Å². The Hall–Kier alpha value is -1.30. The van der Waals surface area contributed by atoms with Crippen molar-refractivity contribution in [2.24, 2.45) is 0 Å². The lowest BCUT2D eigenvalue weighted by Gasteiger charge is -2.24. The highest BCUT2D eigenvalue weighted by Crippen LogP contribution is 2.22. The van der Waals surface area contributed by atoms with Gasteiger partial charge in [0.1, 0.15) is 5.60 Å². The molecule has 2 rings (SSSR count). The molecule has 1 aromatic heterocycles. The van der Waals surface area contributed by atoms with Crippen molar-refractivity contribution >= 4 is 22.0 Å². The lowest BCUT2D eigenvalue weighted by Crippen LogP contribution is -2.36. The Morgan fingerprint density at radius 2 is 2.15 bits per heavy atom. The van der Waals surface area contributed by atoms with Gasteiger partial charge in [-0.05, 0) is 33.3 Å². The van der Waals surface area contributed by atoms with Crippen LogP contribution in [0.3, 0.4) is 0 Å². The molecule has 1 aromatic rings. The number of carbonyl (C=O) groups is 1. The van der Waals surface area contributed by atoms with Crippen molar-refractivity contribution in [3.05, 3.63) is 33.2 Å². The maximum Gasteiger partial charge on any atom is 0.410 e. The van der Waals surface area contributed by atoms with Crippen LogP contribution in [0.2, 0.25) is 0 Å². The number of likely N-dealkylation sites (tertiary alicyclic amines) is 1. The Morgan fingerprint density at radius 1 is 1.45 bits per heavy atom. The van der Waals surface area contributed by atoms with Crippen LogP contribution in [0.5, 0.6) is 0 Å². The summed E-state index contributed by atoms with van der Waals surface area (Å²) < 4.78 is 7.79. The molecular formula is C14H19BrN2O3. The van der Waals surface area contributed by atoms with Crippen molar-refractivity contribution in [2.45, 2.75) is 38.8 Å². The molecule has 1 aliphatic rings. The zero-order chi connectivity index (χ0) is 14.9. The third-order valence-electron chi connectivity index (χ3n) is 3.12. The van der Waals surface area contributed by atoms with Crippen molar-refractivity contribution in [3.63, 3.8) is 0 Å². The summed E-state index contributed by atoms with van der Waals surface area (Å²) in [4.78, 5) is 25.6. The minimum absolute atomic E-state index is 0.0168. The van der Waals surface area contributed by atoms with Crippen molar-refractivity contribution in [2.75, 3.05) is 13.1 Å². The van der Waals surface area contributed by atoms with E-state index in [0.29, 0.717) is 13.1 Å². The first kappa shape index (κ1) is 15.1. The molecular weight excluding hydrogens is 324 g/mol. The second-order valence-corrected chi connectivity index (χ2v) is 6.87. The van der Waals surface area contributed by atoms with Crippen molar-refractivity contribution < 1.29 is 9.53 Å². The number of hydrogen-bond donors (Lipinski definition) is 0. The fourth-order valence-corrected chi connectivity index (χ4v) is 2.54. The highest BCUT2D eigenvalue weighted by molar-refractivity contribution is 9.10. The van der Waals surface area contributed by atoms with Gasteiger partial charge in [0.2, 0.25) is 0 Å². The number of nitrogens with zero attached hydrogens (tertiary/aromatic N) is 2. The largest absolute Gasteiger partial charge is 0.444 e. The topological polar surface area (TPSA) is 51.5 Å². The van der Waals surface area contributed by atoms with Crippen molar-refractivity contribution in [1.82, 2.24) is 9.47 Å². The lowest BCUT2D eigenvalue weighted by molar-refractivity contribution is 0.0289. The van der Waals surface area contributed by atoms with Crippen LogP contribution >= 0.6 is 15.9 Å². The third kappa shape index (κ3) is 3.62. The number of pyridine rings is 1. The number of hydrogen-bond acceptors (Lipinski definition) is 3. The maximum atomic E-state index is 12.0. The van der Waals surface area contributed by atoms with Gasteiger partial charge in [0.15, 0.2) is 0 Å². The van der Waals surface area contributed by atoms with Crippen LogP contribution in [0, 0.1) is 0 Å². The van der Waals surface area contributed by atoms with Crippen LogP contribution in [0.15, 0.2) is 27.6 Å². The van der Waals surface area contributed by atoms with Gasteiger partial charge < -0.3 is 14.2 Å². The Labute approximate surface area is 126 Å². The smallest absolute Gasteiger partial charge is 0.410 e. The minimum Gasteiger partial charge on any atom is -0.444 e. The van der Waals surface area contributed by atoms with Gasteiger partial charge in [-0.1, -0.05) is 15.9 Å².